The largest absolute Gasteiger partial charge is 0.384 e. The van der Waals surface area contributed by atoms with Gasteiger partial charge < -0.3 is 5.11 Å². The molecule has 0 fully saturated rings. The number of hydrogen-bond donors (Lipinski definition) is 1. The Balaban J connectivity index is 1.70. The minimum atomic E-state index is -3.92. The van der Waals surface area contributed by atoms with Crippen molar-refractivity contribution in [2.75, 3.05) is 6.35 Å². The minimum Gasteiger partial charge on any atom is -0.384 e. The van der Waals surface area contributed by atoms with Crippen LogP contribution in [0.3, 0.4) is 0 Å². The fourth-order valence-electron chi connectivity index (χ4n) is 3.55. The van der Waals surface area contributed by atoms with Gasteiger partial charge >= 0.3 is 7.60 Å². The van der Waals surface area contributed by atoms with E-state index >= 15 is 0 Å². The Bertz CT molecular complexity index is 967. The monoisotopic (exact) mass is 444 g/mol. The van der Waals surface area contributed by atoms with Crippen molar-refractivity contribution >= 4 is 7.60 Å². The van der Waals surface area contributed by atoms with Crippen LogP contribution >= 0.6 is 7.60 Å². The molecule has 0 radical (unpaired) electrons. The zero-order valence-electron chi connectivity index (χ0n) is 17.5. The molecule has 0 aliphatic heterocycles. The van der Waals surface area contributed by atoms with Crippen LogP contribution < -0.4 is 0 Å². The van der Waals surface area contributed by atoms with Crippen molar-refractivity contribution in [2.24, 2.45) is 0 Å². The Morgan fingerprint density at radius 3 is 1.00 bits per heavy atom. The van der Waals surface area contributed by atoms with Gasteiger partial charge in [-0.1, -0.05) is 121 Å². The molecular formula is C27H25O4P. The molecule has 32 heavy (non-hydrogen) atoms. The molecule has 5 heteroatoms. The molecular weight excluding hydrogens is 419 g/mol. The summed E-state index contributed by atoms with van der Waals surface area (Å²) in [7, 11) is -3.92. The SMILES string of the molecule is O=P(CO)(OC(c1ccccc1)c1ccccc1)OC(c1ccccc1)c1ccccc1. The van der Waals surface area contributed by atoms with E-state index in [4.69, 9.17) is 9.05 Å². The quantitative estimate of drug-likeness (QED) is 0.291. The van der Waals surface area contributed by atoms with Crippen LogP contribution in [0.1, 0.15) is 34.5 Å². The van der Waals surface area contributed by atoms with E-state index in [0.29, 0.717) is 0 Å². The van der Waals surface area contributed by atoms with Crippen molar-refractivity contribution in [1.82, 2.24) is 0 Å². The van der Waals surface area contributed by atoms with Gasteiger partial charge in [0.05, 0.1) is 0 Å². The molecule has 4 rings (SSSR count). The Hall–Kier alpha value is -3.01. The second-order valence-electron chi connectivity index (χ2n) is 7.37. The molecule has 4 aromatic rings. The maximum Gasteiger partial charge on any atom is 0.357 e. The normalized spacial score (nSPS) is 11.7. The lowest BCUT2D eigenvalue weighted by Gasteiger charge is -2.28. The summed E-state index contributed by atoms with van der Waals surface area (Å²) in [6.45, 7) is 0. The first-order valence-corrected chi connectivity index (χ1v) is 12.2. The average Bonchev–Trinajstić information content (AvgIpc) is 2.88. The first-order chi connectivity index (χ1) is 15.7. The number of rotatable bonds is 9. The highest BCUT2D eigenvalue weighted by molar-refractivity contribution is 7.53. The Labute approximate surface area is 188 Å². The maximum absolute atomic E-state index is 13.8. The third kappa shape index (κ3) is 5.42. The molecule has 162 valence electrons. The van der Waals surface area contributed by atoms with Crippen molar-refractivity contribution in [3.8, 4) is 0 Å². The van der Waals surface area contributed by atoms with E-state index in [1.54, 1.807) is 0 Å². The summed E-state index contributed by atoms with van der Waals surface area (Å²) in [5.41, 5.74) is 3.30. The highest BCUT2D eigenvalue weighted by Crippen LogP contribution is 2.56. The third-order valence-electron chi connectivity index (χ3n) is 5.11. The lowest BCUT2D eigenvalue weighted by Crippen LogP contribution is -2.12. The van der Waals surface area contributed by atoms with E-state index in [1.807, 2.05) is 121 Å². The van der Waals surface area contributed by atoms with E-state index in [-0.39, 0.29) is 0 Å². The van der Waals surface area contributed by atoms with Gasteiger partial charge in [0.2, 0.25) is 0 Å². The van der Waals surface area contributed by atoms with Gasteiger partial charge in [0, 0.05) is 0 Å². The van der Waals surface area contributed by atoms with E-state index in [0.717, 1.165) is 22.3 Å². The maximum atomic E-state index is 13.8. The predicted octanol–water partition coefficient (Wildman–Crippen LogP) is 6.74. The molecule has 0 bridgehead atoms. The summed E-state index contributed by atoms with van der Waals surface area (Å²) in [5.74, 6) is 0. The second kappa shape index (κ2) is 10.5. The topological polar surface area (TPSA) is 55.8 Å². The smallest absolute Gasteiger partial charge is 0.357 e. The highest BCUT2D eigenvalue weighted by atomic mass is 31.2. The molecule has 4 aromatic carbocycles. The summed E-state index contributed by atoms with van der Waals surface area (Å²) < 4.78 is 26.0. The molecule has 0 heterocycles. The van der Waals surface area contributed by atoms with Gasteiger partial charge in [-0.2, -0.15) is 0 Å². The van der Waals surface area contributed by atoms with Crippen LogP contribution in [0.15, 0.2) is 121 Å². The molecule has 1 N–H and O–H groups in total. The van der Waals surface area contributed by atoms with Crippen LogP contribution in [0.5, 0.6) is 0 Å². The van der Waals surface area contributed by atoms with E-state index < -0.39 is 26.2 Å². The van der Waals surface area contributed by atoms with Crippen LogP contribution in [-0.4, -0.2) is 11.5 Å². The Morgan fingerprint density at radius 2 is 0.781 bits per heavy atom. The molecule has 4 nitrogen and oxygen atoms in total. The van der Waals surface area contributed by atoms with E-state index in [1.165, 1.54) is 0 Å². The van der Waals surface area contributed by atoms with Crippen LogP contribution in [-0.2, 0) is 13.6 Å². The molecule has 0 saturated heterocycles. The predicted molar refractivity (Wildman–Crippen MR) is 126 cm³/mol. The molecule has 0 amide bonds. The standard InChI is InChI=1S/C27H25O4P/c28-21-32(29,30-26(22-13-5-1-6-14-22)23-15-7-2-8-16-23)31-27(24-17-9-3-10-18-24)25-19-11-4-12-20-25/h1-20,26-28H,21H2. The van der Waals surface area contributed by atoms with Crippen molar-refractivity contribution in [2.45, 2.75) is 12.2 Å². The average molecular weight is 444 g/mol. The number of aliphatic hydroxyl groups excluding tert-OH is 1. The van der Waals surface area contributed by atoms with Gasteiger partial charge in [-0.15, -0.1) is 0 Å². The minimum absolute atomic E-state index is 0.650. The zero-order valence-corrected chi connectivity index (χ0v) is 18.4. The molecule has 0 atom stereocenters. The summed E-state index contributed by atoms with van der Waals surface area (Å²) in [6, 6.07) is 38.1. The van der Waals surface area contributed by atoms with Gasteiger partial charge in [0.15, 0.2) is 0 Å². The number of benzene rings is 4. The molecule has 0 spiro atoms. The number of aliphatic hydroxyl groups is 1. The van der Waals surface area contributed by atoms with Crippen molar-refractivity contribution in [3.05, 3.63) is 144 Å². The van der Waals surface area contributed by atoms with Crippen LogP contribution in [0, 0.1) is 0 Å². The summed E-state index contributed by atoms with van der Waals surface area (Å²) in [4.78, 5) is 0. The van der Waals surface area contributed by atoms with Crippen LogP contribution in [0.25, 0.3) is 0 Å². The van der Waals surface area contributed by atoms with Crippen LogP contribution in [0.4, 0.5) is 0 Å². The summed E-state index contributed by atoms with van der Waals surface area (Å²) >= 11 is 0. The summed E-state index contributed by atoms with van der Waals surface area (Å²) in [5, 5.41) is 10.2. The number of hydrogen-bond acceptors (Lipinski definition) is 4. The van der Waals surface area contributed by atoms with Gasteiger partial charge in [0.1, 0.15) is 18.6 Å². The summed E-state index contributed by atoms with van der Waals surface area (Å²) in [6.07, 6.45) is -2.04. The molecule has 0 saturated carbocycles. The zero-order chi connectivity index (χ0) is 22.2. The molecule has 0 aliphatic carbocycles. The molecule has 0 aliphatic rings. The Morgan fingerprint density at radius 1 is 0.531 bits per heavy atom. The van der Waals surface area contributed by atoms with Crippen molar-refractivity contribution in [3.63, 3.8) is 0 Å². The van der Waals surface area contributed by atoms with Gasteiger partial charge in [-0.05, 0) is 22.3 Å². The van der Waals surface area contributed by atoms with Gasteiger partial charge in [0.25, 0.3) is 0 Å². The Kier molecular flexibility index (Phi) is 7.31. The van der Waals surface area contributed by atoms with Crippen molar-refractivity contribution < 1.29 is 18.7 Å². The van der Waals surface area contributed by atoms with Crippen molar-refractivity contribution in [1.29, 1.82) is 0 Å². The first kappa shape index (κ1) is 22.2. The van der Waals surface area contributed by atoms with Gasteiger partial charge in [-0.3, -0.25) is 13.6 Å². The first-order valence-electron chi connectivity index (χ1n) is 10.4. The van der Waals surface area contributed by atoms with Gasteiger partial charge in [-0.25, -0.2) is 0 Å². The second-order valence-corrected chi connectivity index (χ2v) is 9.29. The molecule has 0 unspecified atom stereocenters. The highest BCUT2D eigenvalue weighted by Gasteiger charge is 2.34. The fourth-order valence-corrected chi connectivity index (χ4v) is 4.86. The lowest BCUT2D eigenvalue weighted by atomic mass is 10.0. The fraction of sp³-hybridized carbons (Fsp3) is 0.111. The van der Waals surface area contributed by atoms with Crippen LogP contribution in [0.2, 0.25) is 0 Å². The molecule has 0 aromatic heterocycles. The lowest BCUT2D eigenvalue weighted by molar-refractivity contribution is 0.127. The third-order valence-corrected chi connectivity index (χ3v) is 6.52. The van der Waals surface area contributed by atoms with E-state index in [9.17, 15) is 9.67 Å². The van der Waals surface area contributed by atoms with E-state index in [2.05, 4.69) is 0 Å².